The Labute approximate surface area is 197 Å². The molecule has 172 valence electrons. The molecule has 0 amide bonds. The molecule has 0 radical (unpaired) electrons. The van der Waals surface area contributed by atoms with Gasteiger partial charge in [-0.1, -0.05) is 18.2 Å². The number of morpholine rings is 1. The van der Waals surface area contributed by atoms with E-state index in [0.717, 1.165) is 35.4 Å². The van der Waals surface area contributed by atoms with E-state index < -0.39 is 0 Å². The van der Waals surface area contributed by atoms with Crippen LogP contribution in [0.1, 0.15) is 17.3 Å². The first-order valence-electron chi connectivity index (χ1n) is 10.9. The predicted molar refractivity (Wildman–Crippen MR) is 133 cm³/mol. The first kappa shape index (κ1) is 22.9. The molecule has 1 aliphatic rings. The lowest BCUT2D eigenvalue weighted by Gasteiger charge is -2.30. The lowest BCUT2D eigenvalue weighted by atomic mass is 10.1. The molecule has 0 saturated carbocycles. The number of fused-ring (bicyclic) bond motifs is 1. The first-order chi connectivity index (χ1) is 16.0. The minimum Gasteiger partial charge on any atom is -0.378 e. The molecule has 0 unspecified atom stereocenters. The van der Waals surface area contributed by atoms with Crippen LogP contribution in [0.3, 0.4) is 0 Å². The summed E-state index contributed by atoms with van der Waals surface area (Å²) in [5.74, 6) is 0.447. The van der Waals surface area contributed by atoms with Gasteiger partial charge in [0, 0.05) is 47.4 Å². The molecule has 1 aromatic heterocycles. The summed E-state index contributed by atoms with van der Waals surface area (Å²) in [4.78, 5) is 27.3. The fourth-order valence-corrected chi connectivity index (χ4v) is 4.11. The van der Waals surface area contributed by atoms with E-state index in [4.69, 9.17) is 16.3 Å². The van der Waals surface area contributed by atoms with Crippen LogP contribution in [0.5, 0.6) is 0 Å². The lowest BCUT2D eigenvalue weighted by Crippen LogP contribution is -2.37. The highest BCUT2D eigenvalue weighted by Gasteiger charge is 2.17. The zero-order valence-electron chi connectivity index (χ0n) is 18.6. The average Bonchev–Trinajstić information content (AvgIpc) is 2.83. The van der Waals surface area contributed by atoms with Gasteiger partial charge in [-0.25, -0.2) is 0 Å². The van der Waals surface area contributed by atoms with Crippen molar-refractivity contribution < 1.29 is 9.53 Å². The summed E-state index contributed by atoms with van der Waals surface area (Å²) in [6.45, 7) is 9.41. The van der Waals surface area contributed by atoms with Crippen molar-refractivity contribution in [3.63, 3.8) is 0 Å². The summed E-state index contributed by atoms with van der Waals surface area (Å²) in [6.07, 6.45) is 0. The van der Waals surface area contributed by atoms with Gasteiger partial charge < -0.3 is 24.8 Å². The van der Waals surface area contributed by atoms with Gasteiger partial charge in [-0.3, -0.25) is 9.59 Å². The maximum absolute atomic E-state index is 12.7. The summed E-state index contributed by atoms with van der Waals surface area (Å²) in [5.41, 5.74) is 3.17. The third-order valence-electron chi connectivity index (χ3n) is 5.68. The normalized spacial score (nSPS) is 13.7. The molecule has 2 heterocycles. The number of carbonyl (C=O) groups is 1. The number of aryl methyl sites for hydroxylation is 1. The Hall–Kier alpha value is -3.29. The number of Topliss-reactive ketones (excluding diaryl/α,β-unsaturated/α-hetero) is 1. The number of hydrogen-bond acceptors (Lipinski definition) is 6. The van der Waals surface area contributed by atoms with Crippen molar-refractivity contribution in [1.29, 1.82) is 0 Å². The van der Waals surface area contributed by atoms with Crippen molar-refractivity contribution in [3.05, 3.63) is 81.9 Å². The number of benzene rings is 2. The predicted octanol–water partition coefficient (Wildman–Crippen LogP) is 3.87. The Morgan fingerprint density at radius 3 is 2.55 bits per heavy atom. The zero-order chi connectivity index (χ0) is 23.4. The standard InChI is InChI=1S/C25H27ClN4O3/c1-3-30-22-9-8-20(14-21(22)23(15-25(30)32)29-10-12-33-13-11-29)28-17(2)27-16-24(31)18-4-6-19(26)7-5-18/h4-9,14-15,27-28H,2-3,10-13,16H2,1H3. The molecule has 8 heteroatoms. The molecule has 2 aromatic carbocycles. The van der Waals surface area contributed by atoms with Gasteiger partial charge in [-0.15, -0.1) is 0 Å². The van der Waals surface area contributed by atoms with Crippen LogP contribution in [0.2, 0.25) is 5.02 Å². The SMILES string of the molecule is C=C(NCC(=O)c1ccc(Cl)cc1)Nc1ccc2c(c1)c(N1CCOCC1)cc(=O)n2CC. The molecular weight excluding hydrogens is 440 g/mol. The van der Waals surface area contributed by atoms with Crippen LogP contribution < -0.4 is 21.1 Å². The number of halogens is 1. The van der Waals surface area contributed by atoms with Crippen molar-refractivity contribution in [2.45, 2.75) is 13.5 Å². The highest BCUT2D eigenvalue weighted by Crippen LogP contribution is 2.29. The van der Waals surface area contributed by atoms with E-state index in [0.29, 0.717) is 36.2 Å². The Morgan fingerprint density at radius 1 is 1.12 bits per heavy atom. The molecule has 1 saturated heterocycles. The van der Waals surface area contributed by atoms with Gasteiger partial charge in [0.25, 0.3) is 5.56 Å². The fourth-order valence-electron chi connectivity index (χ4n) is 3.98. The molecule has 3 aromatic rings. The van der Waals surface area contributed by atoms with E-state index in [1.54, 1.807) is 34.9 Å². The Kier molecular flexibility index (Phi) is 7.01. The number of carbonyl (C=O) groups excluding carboxylic acids is 1. The topological polar surface area (TPSA) is 75.6 Å². The van der Waals surface area contributed by atoms with Crippen LogP contribution in [-0.4, -0.2) is 43.2 Å². The molecule has 33 heavy (non-hydrogen) atoms. The van der Waals surface area contributed by atoms with Crippen LogP contribution >= 0.6 is 11.6 Å². The number of ether oxygens (including phenoxy) is 1. The van der Waals surface area contributed by atoms with E-state index in [1.807, 2.05) is 25.1 Å². The van der Waals surface area contributed by atoms with E-state index in [9.17, 15) is 9.59 Å². The summed E-state index contributed by atoms with van der Waals surface area (Å²) in [5, 5.41) is 7.82. The Balaban J connectivity index is 1.53. The van der Waals surface area contributed by atoms with Crippen molar-refractivity contribution in [2.75, 3.05) is 43.1 Å². The lowest BCUT2D eigenvalue weighted by molar-refractivity contribution is 0.0994. The average molecular weight is 467 g/mol. The van der Waals surface area contributed by atoms with Crippen LogP contribution in [-0.2, 0) is 11.3 Å². The monoisotopic (exact) mass is 466 g/mol. The summed E-state index contributed by atoms with van der Waals surface area (Å²) in [6, 6.07) is 14.4. The van der Waals surface area contributed by atoms with E-state index >= 15 is 0 Å². The van der Waals surface area contributed by atoms with Crippen molar-refractivity contribution >= 4 is 39.7 Å². The number of aromatic nitrogens is 1. The third-order valence-corrected chi connectivity index (χ3v) is 5.93. The van der Waals surface area contributed by atoms with Crippen LogP contribution in [0.15, 0.2) is 65.7 Å². The second kappa shape index (κ2) is 10.1. The molecule has 7 nitrogen and oxygen atoms in total. The first-order valence-corrected chi connectivity index (χ1v) is 11.3. The second-order valence-electron chi connectivity index (χ2n) is 7.83. The van der Waals surface area contributed by atoms with E-state index in [2.05, 4.69) is 22.1 Å². The van der Waals surface area contributed by atoms with E-state index in [-0.39, 0.29) is 17.9 Å². The summed E-state index contributed by atoms with van der Waals surface area (Å²) >= 11 is 5.88. The Morgan fingerprint density at radius 2 is 1.85 bits per heavy atom. The molecule has 1 aliphatic heterocycles. The summed E-state index contributed by atoms with van der Waals surface area (Å²) in [7, 11) is 0. The maximum Gasteiger partial charge on any atom is 0.253 e. The molecule has 4 rings (SSSR count). The highest BCUT2D eigenvalue weighted by molar-refractivity contribution is 6.30. The number of ketones is 1. The van der Waals surface area contributed by atoms with Gasteiger partial charge in [-0.05, 0) is 49.4 Å². The minimum absolute atomic E-state index is 0.0148. The van der Waals surface area contributed by atoms with Crippen LogP contribution in [0.25, 0.3) is 10.9 Å². The molecule has 0 bridgehead atoms. The smallest absolute Gasteiger partial charge is 0.253 e. The van der Waals surface area contributed by atoms with Gasteiger partial charge in [-0.2, -0.15) is 0 Å². The number of nitrogens with one attached hydrogen (secondary N) is 2. The molecule has 0 aliphatic carbocycles. The molecular formula is C25H27ClN4O3. The number of nitrogens with zero attached hydrogens (tertiary/aromatic N) is 2. The molecule has 0 spiro atoms. The Bertz CT molecular complexity index is 1230. The number of pyridine rings is 1. The highest BCUT2D eigenvalue weighted by atomic mass is 35.5. The maximum atomic E-state index is 12.7. The largest absolute Gasteiger partial charge is 0.378 e. The van der Waals surface area contributed by atoms with Crippen LogP contribution in [0.4, 0.5) is 11.4 Å². The van der Waals surface area contributed by atoms with Gasteiger partial charge >= 0.3 is 0 Å². The molecule has 1 fully saturated rings. The van der Waals surface area contributed by atoms with Gasteiger partial charge in [0.15, 0.2) is 5.78 Å². The second-order valence-corrected chi connectivity index (χ2v) is 8.27. The minimum atomic E-state index is -0.0605. The third kappa shape index (κ3) is 5.21. The van der Waals surface area contributed by atoms with Gasteiger partial charge in [0.05, 0.1) is 36.8 Å². The van der Waals surface area contributed by atoms with Crippen molar-refractivity contribution in [2.24, 2.45) is 0 Å². The van der Waals surface area contributed by atoms with Crippen molar-refractivity contribution in [1.82, 2.24) is 9.88 Å². The number of rotatable bonds is 8. The number of anilines is 2. The fraction of sp³-hybridized carbons (Fsp3) is 0.280. The molecule has 2 N–H and O–H groups in total. The van der Waals surface area contributed by atoms with Crippen LogP contribution in [0, 0.1) is 0 Å². The van der Waals surface area contributed by atoms with Gasteiger partial charge in [0.1, 0.15) is 0 Å². The van der Waals surface area contributed by atoms with Crippen molar-refractivity contribution in [3.8, 4) is 0 Å². The zero-order valence-corrected chi connectivity index (χ0v) is 19.3. The quantitative estimate of drug-likeness (QED) is 0.491. The summed E-state index contributed by atoms with van der Waals surface area (Å²) < 4.78 is 7.24. The van der Waals surface area contributed by atoms with Gasteiger partial charge in [0.2, 0.25) is 0 Å². The molecule has 0 atom stereocenters. The van der Waals surface area contributed by atoms with E-state index in [1.165, 1.54) is 0 Å². The number of hydrogen-bond donors (Lipinski definition) is 2.